The van der Waals surface area contributed by atoms with Crippen molar-refractivity contribution >= 4 is 33.2 Å². The summed E-state index contributed by atoms with van der Waals surface area (Å²) < 4.78 is 24.7. The monoisotopic (exact) mass is 330 g/mol. The van der Waals surface area contributed by atoms with E-state index >= 15 is 0 Å². The zero-order chi connectivity index (χ0) is 15.6. The zero-order valence-corrected chi connectivity index (χ0v) is 13.7. The van der Waals surface area contributed by atoms with Crippen LogP contribution in [-0.4, -0.2) is 37.5 Å². The van der Waals surface area contributed by atoms with Crippen LogP contribution in [-0.2, 0) is 14.8 Å². The Morgan fingerprint density at radius 1 is 1.43 bits per heavy atom. The number of carbonyl (C=O) groups is 1. The Balaban J connectivity index is 1.94. The minimum absolute atomic E-state index is 0.0701. The number of sulfonamides is 1. The molecule has 5 nitrogen and oxygen atoms in total. The third kappa shape index (κ3) is 4.43. The molecule has 0 bridgehead atoms. The summed E-state index contributed by atoms with van der Waals surface area (Å²) in [6.45, 7) is 2.04. The molecular weight excluding hydrogens is 312 g/mol. The molecular formula is C14H19ClN2O3S. The third-order valence-corrected chi connectivity index (χ3v) is 5.22. The molecule has 0 spiro atoms. The van der Waals surface area contributed by atoms with Crippen LogP contribution in [0.3, 0.4) is 0 Å². The number of nitrogens with one attached hydrogen (secondary N) is 1. The minimum atomic E-state index is -3.25. The Morgan fingerprint density at radius 3 is 2.67 bits per heavy atom. The van der Waals surface area contributed by atoms with Crippen LogP contribution >= 0.6 is 11.6 Å². The topological polar surface area (TPSA) is 66.5 Å². The molecule has 21 heavy (non-hydrogen) atoms. The Bertz CT molecular complexity index is 642. The van der Waals surface area contributed by atoms with E-state index in [0.29, 0.717) is 10.7 Å². The van der Waals surface area contributed by atoms with Crippen LogP contribution in [0.5, 0.6) is 0 Å². The van der Waals surface area contributed by atoms with E-state index in [1.54, 1.807) is 18.2 Å². The highest BCUT2D eigenvalue weighted by Gasteiger charge is 2.34. The molecule has 0 atom stereocenters. The molecule has 1 aliphatic rings. The lowest BCUT2D eigenvalue weighted by molar-refractivity contribution is -0.116. The van der Waals surface area contributed by atoms with E-state index in [-0.39, 0.29) is 24.9 Å². The van der Waals surface area contributed by atoms with Gasteiger partial charge in [-0.05, 0) is 37.5 Å². The minimum Gasteiger partial charge on any atom is -0.326 e. The third-order valence-electron chi connectivity index (χ3n) is 3.48. The smallest absolute Gasteiger partial charge is 0.225 e. The second kappa shape index (κ2) is 6.34. The van der Waals surface area contributed by atoms with Crippen LogP contribution in [0.15, 0.2) is 18.2 Å². The molecule has 0 heterocycles. The van der Waals surface area contributed by atoms with Gasteiger partial charge in [0, 0.05) is 29.7 Å². The molecule has 1 aromatic carbocycles. The standard InChI is InChI=1S/C14H19ClN2O3S/c1-10-12(15)4-3-5-13(10)16-14(18)8-9-17(11-6-7-11)21(2,19)20/h3-5,11H,6-9H2,1-2H3,(H,16,18). The summed E-state index contributed by atoms with van der Waals surface area (Å²) in [4.78, 5) is 12.0. The van der Waals surface area contributed by atoms with Crippen molar-refractivity contribution in [3.8, 4) is 0 Å². The maximum absolute atomic E-state index is 12.0. The van der Waals surface area contributed by atoms with Gasteiger partial charge >= 0.3 is 0 Å². The zero-order valence-electron chi connectivity index (χ0n) is 12.1. The molecule has 1 aromatic rings. The van der Waals surface area contributed by atoms with Gasteiger partial charge in [-0.15, -0.1) is 0 Å². The molecule has 0 radical (unpaired) electrons. The first-order valence-electron chi connectivity index (χ1n) is 6.81. The molecule has 2 rings (SSSR count). The van der Waals surface area contributed by atoms with E-state index in [9.17, 15) is 13.2 Å². The van der Waals surface area contributed by atoms with Crippen molar-refractivity contribution in [2.24, 2.45) is 0 Å². The quantitative estimate of drug-likeness (QED) is 0.871. The summed E-state index contributed by atoms with van der Waals surface area (Å²) in [5.74, 6) is -0.213. The highest BCUT2D eigenvalue weighted by Crippen LogP contribution is 2.29. The van der Waals surface area contributed by atoms with Crippen LogP contribution in [0.2, 0.25) is 5.02 Å². The summed E-state index contributed by atoms with van der Waals surface area (Å²) >= 11 is 6.00. The van der Waals surface area contributed by atoms with Gasteiger partial charge in [0.05, 0.1) is 6.26 Å². The normalized spacial score (nSPS) is 15.2. The van der Waals surface area contributed by atoms with Crippen molar-refractivity contribution in [2.75, 3.05) is 18.1 Å². The maximum atomic E-state index is 12.0. The van der Waals surface area contributed by atoms with Gasteiger partial charge in [-0.25, -0.2) is 8.42 Å². The summed E-state index contributed by atoms with van der Waals surface area (Å²) in [5.41, 5.74) is 1.46. The predicted octanol–water partition coefficient (Wildman–Crippen LogP) is 2.40. The average Bonchev–Trinajstić information content (AvgIpc) is 3.18. The molecule has 0 saturated heterocycles. The van der Waals surface area contributed by atoms with E-state index in [0.717, 1.165) is 18.4 Å². The molecule has 7 heteroatoms. The van der Waals surface area contributed by atoms with Gasteiger partial charge in [0.2, 0.25) is 15.9 Å². The first-order chi connectivity index (χ1) is 9.79. The first-order valence-corrected chi connectivity index (χ1v) is 9.03. The van der Waals surface area contributed by atoms with Gasteiger partial charge < -0.3 is 5.32 Å². The van der Waals surface area contributed by atoms with Crippen molar-refractivity contribution in [2.45, 2.75) is 32.2 Å². The van der Waals surface area contributed by atoms with Gasteiger partial charge in [-0.1, -0.05) is 17.7 Å². The molecule has 0 unspecified atom stereocenters. The number of amides is 1. The molecule has 1 amide bonds. The Morgan fingerprint density at radius 2 is 2.10 bits per heavy atom. The average molecular weight is 331 g/mol. The van der Waals surface area contributed by atoms with Gasteiger partial charge in [-0.2, -0.15) is 4.31 Å². The summed E-state index contributed by atoms with van der Waals surface area (Å²) in [6, 6.07) is 5.36. The maximum Gasteiger partial charge on any atom is 0.225 e. The fourth-order valence-electron chi connectivity index (χ4n) is 2.15. The summed E-state index contributed by atoms with van der Waals surface area (Å²) in [6.07, 6.45) is 3.07. The van der Waals surface area contributed by atoms with Crippen molar-refractivity contribution < 1.29 is 13.2 Å². The largest absolute Gasteiger partial charge is 0.326 e. The van der Waals surface area contributed by atoms with E-state index in [2.05, 4.69) is 5.32 Å². The first kappa shape index (κ1) is 16.3. The van der Waals surface area contributed by atoms with Gasteiger partial charge in [-0.3, -0.25) is 4.79 Å². The number of hydrogen-bond acceptors (Lipinski definition) is 3. The van der Waals surface area contributed by atoms with Crippen molar-refractivity contribution in [3.05, 3.63) is 28.8 Å². The fourth-order valence-corrected chi connectivity index (χ4v) is 3.50. The Labute approximate surface area is 130 Å². The second-order valence-corrected chi connectivity index (χ2v) is 7.66. The van der Waals surface area contributed by atoms with E-state index in [1.165, 1.54) is 10.6 Å². The van der Waals surface area contributed by atoms with Crippen molar-refractivity contribution in [1.82, 2.24) is 4.31 Å². The molecule has 1 aliphatic carbocycles. The number of hydrogen-bond donors (Lipinski definition) is 1. The van der Waals surface area contributed by atoms with Crippen LogP contribution in [0, 0.1) is 6.92 Å². The van der Waals surface area contributed by atoms with Crippen LogP contribution in [0.25, 0.3) is 0 Å². The molecule has 0 aliphatic heterocycles. The molecule has 1 fully saturated rings. The lowest BCUT2D eigenvalue weighted by Gasteiger charge is -2.19. The second-order valence-electron chi connectivity index (χ2n) is 5.32. The Kier molecular flexibility index (Phi) is 4.91. The lowest BCUT2D eigenvalue weighted by Crippen LogP contribution is -2.34. The molecule has 116 valence electrons. The van der Waals surface area contributed by atoms with Gasteiger partial charge in [0.25, 0.3) is 0 Å². The van der Waals surface area contributed by atoms with E-state index in [4.69, 9.17) is 11.6 Å². The summed E-state index contributed by atoms with van der Waals surface area (Å²) in [5, 5.41) is 3.36. The van der Waals surface area contributed by atoms with Crippen LogP contribution in [0.1, 0.15) is 24.8 Å². The highest BCUT2D eigenvalue weighted by atomic mass is 35.5. The van der Waals surface area contributed by atoms with Crippen molar-refractivity contribution in [3.63, 3.8) is 0 Å². The molecule has 0 aromatic heterocycles. The number of anilines is 1. The van der Waals surface area contributed by atoms with Crippen LogP contribution in [0.4, 0.5) is 5.69 Å². The number of rotatable bonds is 6. The van der Waals surface area contributed by atoms with Crippen LogP contribution < -0.4 is 5.32 Å². The van der Waals surface area contributed by atoms with E-state index < -0.39 is 10.0 Å². The fraction of sp³-hybridized carbons (Fsp3) is 0.500. The number of carbonyl (C=O) groups excluding carboxylic acids is 1. The van der Waals surface area contributed by atoms with Gasteiger partial charge in [0.15, 0.2) is 0 Å². The lowest BCUT2D eigenvalue weighted by atomic mass is 10.2. The van der Waals surface area contributed by atoms with Crippen molar-refractivity contribution in [1.29, 1.82) is 0 Å². The van der Waals surface area contributed by atoms with E-state index in [1.807, 2.05) is 6.92 Å². The summed E-state index contributed by atoms with van der Waals surface area (Å²) in [7, 11) is -3.25. The molecule has 1 saturated carbocycles. The van der Waals surface area contributed by atoms with Gasteiger partial charge in [0.1, 0.15) is 0 Å². The number of nitrogens with zero attached hydrogens (tertiary/aromatic N) is 1. The Hall–Kier alpha value is -1.11. The SMILES string of the molecule is Cc1c(Cl)cccc1NC(=O)CCN(C1CC1)S(C)(=O)=O. The molecule has 1 N–H and O–H groups in total. The number of halogens is 1. The highest BCUT2D eigenvalue weighted by molar-refractivity contribution is 7.88. The predicted molar refractivity (Wildman–Crippen MR) is 84.0 cm³/mol. The number of benzene rings is 1.